The van der Waals surface area contributed by atoms with Gasteiger partial charge in [0.1, 0.15) is 6.33 Å². The number of carbonyl (C=O) groups excluding carboxylic acids is 1. The average molecular weight is 208 g/mol. The van der Waals surface area contributed by atoms with E-state index in [1.807, 2.05) is 14.1 Å². The molecule has 82 valence electrons. The van der Waals surface area contributed by atoms with Gasteiger partial charge in [-0.2, -0.15) is 0 Å². The third-order valence-corrected chi connectivity index (χ3v) is 1.89. The molecule has 1 N–H and O–H groups in total. The van der Waals surface area contributed by atoms with E-state index >= 15 is 0 Å². The molecule has 1 aromatic heterocycles. The molecule has 15 heavy (non-hydrogen) atoms. The van der Waals surface area contributed by atoms with E-state index in [-0.39, 0.29) is 5.91 Å². The van der Waals surface area contributed by atoms with Gasteiger partial charge in [0.05, 0.1) is 5.56 Å². The van der Waals surface area contributed by atoms with E-state index in [9.17, 15) is 4.79 Å². The van der Waals surface area contributed by atoms with Crippen molar-refractivity contribution in [2.75, 3.05) is 27.2 Å². The van der Waals surface area contributed by atoms with Crippen LogP contribution in [0.2, 0.25) is 0 Å². The van der Waals surface area contributed by atoms with Crippen LogP contribution in [0.3, 0.4) is 0 Å². The molecule has 0 aliphatic heterocycles. The predicted molar refractivity (Wildman–Crippen MR) is 57.5 cm³/mol. The lowest BCUT2D eigenvalue weighted by molar-refractivity contribution is 0.0951. The highest BCUT2D eigenvalue weighted by molar-refractivity contribution is 5.93. The zero-order chi connectivity index (χ0) is 11.1. The van der Waals surface area contributed by atoms with Gasteiger partial charge in [-0.05, 0) is 27.1 Å². The number of hydrogen-bond acceptors (Lipinski definition) is 4. The van der Waals surface area contributed by atoms with Crippen LogP contribution in [0.15, 0.2) is 18.7 Å². The lowest BCUT2D eigenvalue weighted by Gasteiger charge is -2.09. The van der Waals surface area contributed by atoms with Crippen LogP contribution < -0.4 is 5.32 Å². The van der Waals surface area contributed by atoms with E-state index in [1.54, 1.807) is 0 Å². The van der Waals surface area contributed by atoms with Crippen LogP contribution in [0.4, 0.5) is 0 Å². The van der Waals surface area contributed by atoms with Crippen molar-refractivity contribution in [3.05, 3.63) is 24.3 Å². The number of nitrogens with one attached hydrogen (secondary N) is 1. The van der Waals surface area contributed by atoms with Crippen molar-refractivity contribution in [1.29, 1.82) is 0 Å². The van der Waals surface area contributed by atoms with Gasteiger partial charge in [0.2, 0.25) is 0 Å². The van der Waals surface area contributed by atoms with Crippen LogP contribution >= 0.6 is 0 Å². The SMILES string of the molecule is CN(C)CCCNC(=O)c1cncnc1. The zero-order valence-electron chi connectivity index (χ0n) is 9.10. The molecule has 5 heteroatoms. The maximum absolute atomic E-state index is 11.5. The van der Waals surface area contributed by atoms with Gasteiger partial charge < -0.3 is 10.2 Å². The normalized spacial score (nSPS) is 10.3. The molecule has 1 aromatic rings. The topological polar surface area (TPSA) is 58.1 Å². The first-order chi connectivity index (χ1) is 7.20. The Morgan fingerprint density at radius 1 is 1.40 bits per heavy atom. The van der Waals surface area contributed by atoms with Crippen LogP contribution in [0.1, 0.15) is 16.8 Å². The zero-order valence-corrected chi connectivity index (χ0v) is 9.10. The van der Waals surface area contributed by atoms with Crippen LogP contribution in [0.25, 0.3) is 0 Å². The highest BCUT2D eigenvalue weighted by atomic mass is 16.1. The molecule has 0 aliphatic rings. The van der Waals surface area contributed by atoms with Gasteiger partial charge in [-0.3, -0.25) is 4.79 Å². The molecule has 5 nitrogen and oxygen atoms in total. The predicted octanol–water partition coefficient (Wildman–Crippen LogP) is 0.158. The molecule has 1 amide bonds. The molecular weight excluding hydrogens is 192 g/mol. The van der Waals surface area contributed by atoms with E-state index in [1.165, 1.54) is 18.7 Å². The third kappa shape index (κ3) is 4.51. The van der Waals surface area contributed by atoms with E-state index in [0.717, 1.165) is 13.0 Å². The summed E-state index contributed by atoms with van der Waals surface area (Å²) in [5.41, 5.74) is 0.502. The Morgan fingerprint density at radius 2 is 2.07 bits per heavy atom. The molecule has 1 heterocycles. The van der Waals surface area contributed by atoms with Crippen molar-refractivity contribution in [1.82, 2.24) is 20.2 Å². The minimum atomic E-state index is -0.116. The molecule has 0 radical (unpaired) electrons. The number of aromatic nitrogens is 2. The largest absolute Gasteiger partial charge is 0.352 e. The smallest absolute Gasteiger partial charge is 0.254 e. The molecule has 0 saturated carbocycles. The fourth-order valence-electron chi connectivity index (χ4n) is 1.12. The average Bonchev–Trinajstić information content (AvgIpc) is 2.25. The van der Waals surface area contributed by atoms with Crippen molar-refractivity contribution in [3.63, 3.8) is 0 Å². The van der Waals surface area contributed by atoms with E-state index in [0.29, 0.717) is 12.1 Å². The summed E-state index contributed by atoms with van der Waals surface area (Å²) in [5.74, 6) is -0.116. The summed E-state index contributed by atoms with van der Waals surface area (Å²) in [6, 6.07) is 0. The fraction of sp³-hybridized carbons (Fsp3) is 0.500. The van der Waals surface area contributed by atoms with Gasteiger partial charge in [0.25, 0.3) is 5.91 Å². The Kier molecular flexibility index (Phi) is 4.70. The Morgan fingerprint density at radius 3 is 2.67 bits per heavy atom. The van der Waals surface area contributed by atoms with Crippen LogP contribution in [-0.2, 0) is 0 Å². The Hall–Kier alpha value is -1.49. The molecular formula is C10H16N4O. The fourth-order valence-corrected chi connectivity index (χ4v) is 1.12. The molecule has 0 atom stereocenters. The van der Waals surface area contributed by atoms with Crippen molar-refractivity contribution < 1.29 is 4.79 Å². The lowest BCUT2D eigenvalue weighted by Crippen LogP contribution is -2.27. The molecule has 0 fully saturated rings. The minimum Gasteiger partial charge on any atom is -0.352 e. The number of hydrogen-bond donors (Lipinski definition) is 1. The molecule has 0 spiro atoms. The van der Waals surface area contributed by atoms with Crippen molar-refractivity contribution in [3.8, 4) is 0 Å². The Balaban J connectivity index is 2.25. The molecule has 0 bridgehead atoms. The van der Waals surface area contributed by atoms with Gasteiger partial charge in [-0.25, -0.2) is 9.97 Å². The van der Waals surface area contributed by atoms with Gasteiger partial charge in [-0.1, -0.05) is 0 Å². The second-order valence-corrected chi connectivity index (χ2v) is 3.54. The second-order valence-electron chi connectivity index (χ2n) is 3.54. The third-order valence-electron chi connectivity index (χ3n) is 1.89. The van der Waals surface area contributed by atoms with Crippen molar-refractivity contribution in [2.24, 2.45) is 0 Å². The summed E-state index contributed by atoms with van der Waals surface area (Å²) in [6.07, 6.45) is 5.36. The van der Waals surface area contributed by atoms with Gasteiger partial charge in [-0.15, -0.1) is 0 Å². The Labute approximate surface area is 89.5 Å². The van der Waals surface area contributed by atoms with Crippen molar-refractivity contribution >= 4 is 5.91 Å². The summed E-state index contributed by atoms with van der Waals surface area (Å²) >= 11 is 0. The van der Waals surface area contributed by atoms with E-state index in [2.05, 4.69) is 20.2 Å². The van der Waals surface area contributed by atoms with E-state index in [4.69, 9.17) is 0 Å². The number of amides is 1. The number of carbonyl (C=O) groups is 1. The maximum atomic E-state index is 11.5. The van der Waals surface area contributed by atoms with Crippen LogP contribution in [-0.4, -0.2) is 48.0 Å². The summed E-state index contributed by atoms with van der Waals surface area (Å²) in [6.45, 7) is 1.64. The first-order valence-corrected chi connectivity index (χ1v) is 4.88. The van der Waals surface area contributed by atoms with Gasteiger partial charge in [0, 0.05) is 18.9 Å². The molecule has 0 unspecified atom stereocenters. The standard InChI is InChI=1S/C10H16N4O/c1-14(2)5-3-4-13-10(15)9-6-11-8-12-7-9/h6-8H,3-5H2,1-2H3,(H,13,15). The molecule has 0 aromatic carbocycles. The molecule has 0 aliphatic carbocycles. The highest BCUT2D eigenvalue weighted by Crippen LogP contribution is 1.92. The van der Waals surface area contributed by atoms with Crippen LogP contribution in [0, 0.1) is 0 Å². The maximum Gasteiger partial charge on any atom is 0.254 e. The summed E-state index contributed by atoms with van der Waals surface area (Å²) in [5, 5.41) is 2.81. The summed E-state index contributed by atoms with van der Waals surface area (Å²) < 4.78 is 0. The lowest BCUT2D eigenvalue weighted by atomic mass is 10.3. The Bertz CT molecular complexity index is 300. The molecule has 0 saturated heterocycles. The van der Waals surface area contributed by atoms with Gasteiger partial charge in [0.15, 0.2) is 0 Å². The van der Waals surface area contributed by atoms with E-state index < -0.39 is 0 Å². The molecule has 1 rings (SSSR count). The highest BCUT2D eigenvalue weighted by Gasteiger charge is 2.03. The van der Waals surface area contributed by atoms with Crippen molar-refractivity contribution in [2.45, 2.75) is 6.42 Å². The first-order valence-electron chi connectivity index (χ1n) is 4.88. The summed E-state index contributed by atoms with van der Waals surface area (Å²) in [4.78, 5) is 21.1. The monoisotopic (exact) mass is 208 g/mol. The first kappa shape index (κ1) is 11.6. The number of rotatable bonds is 5. The quantitative estimate of drug-likeness (QED) is 0.700. The number of nitrogens with zero attached hydrogens (tertiary/aromatic N) is 3. The van der Waals surface area contributed by atoms with Crippen LogP contribution in [0.5, 0.6) is 0 Å². The summed E-state index contributed by atoms with van der Waals surface area (Å²) in [7, 11) is 4.01. The minimum absolute atomic E-state index is 0.116. The van der Waals surface area contributed by atoms with Gasteiger partial charge >= 0.3 is 0 Å². The second kappa shape index (κ2) is 6.08.